The van der Waals surface area contributed by atoms with Gasteiger partial charge in [-0.05, 0) is 31.9 Å². The van der Waals surface area contributed by atoms with Crippen molar-refractivity contribution in [3.05, 3.63) is 40.9 Å². The molecule has 0 radical (unpaired) electrons. The van der Waals surface area contributed by atoms with Crippen molar-refractivity contribution in [1.29, 1.82) is 0 Å². The Labute approximate surface area is 151 Å². The van der Waals surface area contributed by atoms with Gasteiger partial charge in [0.05, 0.1) is 11.7 Å². The van der Waals surface area contributed by atoms with E-state index < -0.39 is 6.09 Å². The molecular weight excluding hydrogens is 334 g/mol. The number of pyridine rings is 1. The first-order valence-electron chi connectivity index (χ1n) is 8.74. The smallest absolute Gasteiger partial charge is 0.407 e. The quantitative estimate of drug-likeness (QED) is 0.877. The highest BCUT2D eigenvalue weighted by molar-refractivity contribution is 5.66. The van der Waals surface area contributed by atoms with Crippen molar-refractivity contribution < 1.29 is 9.90 Å². The average Bonchev–Trinajstić information content (AvgIpc) is 3.11. The number of carboxylic acid groups (broad SMARTS) is 1. The second-order valence-electron chi connectivity index (χ2n) is 6.39. The highest BCUT2D eigenvalue weighted by atomic mass is 16.4. The Morgan fingerprint density at radius 3 is 2.77 bits per heavy atom. The summed E-state index contributed by atoms with van der Waals surface area (Å²) < 4.78 is 1.51. The summed E-state index contributed by atoms with van der Waals surface area (Å²) in [7, 11) is 1.69. The van der Waals surface area contributed by atoms with Gasteiger partial charge in [0.2, 0.25) is 5.95 Å². The molecule has 0 aliphatic carbocycles. The van der Waals surface area contributed by atoms with Crippen LogP contribution >= 0.6 is 0 Å². The van der Waals surface area contributed by atoms with Crippen LogP contribution in [-0.2, 0) is 7.05 Å². The third-order valence-electron chi connectivity index (χ3n) is 4.81. The van der Waals surface area contributed by atoms with E-state index in [9.17, 15) is 14.7 Å². The number of aromatic nitrogens is 3. The minimum Gasteiger partial charge on any atom is -0.465 e. The van der Waals surface area contributed by atoms with Crippen molar-refractivity contribution in [1.82, 2.24) is 19.4 Å². The van der Waals surface area contributed by atoms with Crippen molar-refractivity contribution in [2.24, 2.45) is 7.05 Å². The van der Waals surface area contributed by atoms with Crippen molar-refractivity contribution in [2.45, 2.75) is 25.8 Å². The van der Waals surface area contributed by atoms with Crippen LogP contribution in [0.25, 0.3) is 11.3 Å². The molecule has 8 heteroatoms. The van der Waals surface area contributed by atoms with Gasteiger partial charge < -0.3 is 14.9 Å². The summed E-state index contributed by atoms with van der Waals surface area (Å²) in [5.41, 5.74) is 1.26. The monoisotopic (exact) mass is 357 g/mol. The van der Waals surface area contributed by atoms with Gasteiger partial charge in [-0.2, -0.15) is 0 Å². The third kappa shape index (κ3) is 3.54. The van der Waals surface area contributed by atoms with E-state index in [4.69, 9.17) is 0 Å². The Hall–Kier alpha value is -2.90. The van der Waals surface area contributed by atoms with Crippen molar-refractivity contribution in [2.75, 3.05) is 24.5 Å². The Morgan fingerprint density at radius 1 is 1.38 bits per heavy atom. The second kappa shape index (κ2) is 7.55. The summed E-state index contributed by atoms with van der Waals surface area (Å²) in [6, 6.07) is 5.04. The number of likely N-dealkylation sites (N-methyl/N-ethyl adjacent to an activating group) is 1. The number of rotatable bonds is 5. The number of likely N-dealkylation sites (tertiary alicyclic amines) is 1. The highest BCUT2D eigenvalue weighted by Gasteiger charge is 2.30. The molecule has 0 aromatic carbocycles. The van der Waals surface area contributed by atoms with Crippen molar-refractivity contribution in [3.8, 4) is 11.3 Å². The summed E-state index contributed by atoms with van der Waals surface area (Å²) in [4.78, 5) is 36.0. The molecule has 26 heavy (non-hydrogen) atoms. The molecular formula is C18H23N5O3. The lowest BCUT2D eigenvalue weighted by molar-refractivity contribution is 0.141. The number of carbonyl (C=O) groups is 1. The first-order chi connectivity index (χ1) is 12.5. The zero-order chi connectivity index (χ0) is 18.7. The molecule has 2 aromatic heterocycles. The molecule has 0 bridgehead atoms. The van der Waals surface area contributed by atoms with Crippen LogP contribution in [0.15, 0.2) is 35.4 Å². The fraction of sp³-hybridized carbons (Fsp3) is 0.444. The lowest BCUT2D eigenvalue weighted by Crippen LogP contribution is -2.44. The average molecular weight is 357 g/mol. The first-order valence-corrected chi connectivity index (χ1v) is 8.74. The van der Waals surface area contributed by atoms with E-state index in [1.807, 2.05) is 24.0 Å². The molecule has 0 unspecified atom stereocenters. The van der Waals surface area contributed by atoms with Gasteiger partial charge in [0.25, 0.3) is 5.56 Å². The number of nitrogens with zero attached hydrogens (tertiary/aromatic N) is 5. The maximum absolute atomic E-state index is 12.4. The van der Waals surface area contributed by atoms with Gasteiger partial charge in [-0.3, -0.25) is 14.3 Å². The van der Waals surface area contributed by atoms with Crippen molar-refractivity contribution >= 4 is 12.0 Å². The predicted molar refractivity (Wildman–Crippen MR) is 98.3 cm³/mol. The lowest BCUT2D eigenvalue weighted by atomic mass is 10.2. The van der Waals surface area contributed by atoms with E-state index in [2.05, 4.69) is 9.97 Å². The van der Waals surface area contributed by atoms with Gasteiger partial charge in [-0.1, -0.05) is 0 Å². The van der Waals surface area contributed by atoms with Gasteiger partial charge in [0.15, 0.2) is 0 Å². The fourth-order valence-electron chi connectivity index (χ4n) is 3.36. The zero-order valence-corrected chi connectivity index (χ0v) is 15.0. The molecule has 3 rings (SSSR count). The molecule has 1 aliphatic rings. The zero-order valence-electron chi connectivity index (χ0n) is 15.0. The van der Waals surface area contributed by atoms with Gasteiger partial charge in [-0.25, -0.2) is 9.78 Å². The molecule has 1 aliphatic heterocycles. The fourth-order valence-corrected chi connectivity index (χ4v) is 3.36. The van der Waals surface area contributed by atoms with Crippen LogP contribution in [0, 0.1) is 0 Å². The minimum absolute atomic E-state index is 0.0890. The molecule has 1 fully saturated rings. The maximum Gasteiger partial charge on any atom is 0.407 e. The van der Waals surface area contributed by atoms with Gasteiger partial charge >= 0.3 is 6.09 Å². The molecule has 0 spiro atoms. The summed E-state index contributed by atoms with van der Waals surface area (Å²) in [6.07, 6.45) is 4.11. The van der Waals surface area contributed by atoms with Crippen LogP contribution in [0.1, 0.15) is 19.8 Å². The largest absolute Gasteiger partial charge is 0.465 e. The Bertz CT molecular complexity index is 836. The Morgan fingerprint density at radius 2 is 2.12 bits per heavy atom. The van der Waals surface area contributed by atoms with E-state index in [0.717, 1.165) is 18.4 Å². The summed E-state index contributed by atoms with van der Waals surface area (Å²) in [5.74, 6) is 0.545. The highest BCUT2D eigenvalue weighted by Crippen LogP contribution is 2.22. The maximum atomic E-state index is 12.4. The van der Waals surface area contributed by atoms with E-state index in [-0.39, 0.29) is 11.6 Å². The SMILES string of the molecule is CCN(C[C@H]1CCCN1C(=O)O)c1nc(-c2ccncc2)cc(=O)n1C. The number of anilines is 1. The van der Waals surface area contributed by atoms with Gasteiger partial charge in [0.1, 0.15) is 0 Å². The summed E-state index contributed by atoms with van der Waals surface area (Å²) in [6.45, 7) is 3.68. The topological polar surface area (TPSA) is 91.6 Å². The van der Waals surface area contributed by atoms with Crippen LogP contribution in [-0.4, -0.2) is 56.3 Å². The van der Waals surface area contributed by atoms with Crippen LogP contribution in [0.2, 0.25) is 0 Å². The molecule has 3 heterocycles. The number of hydrogen-bond donors (Lipinski definition) is 1. The van der Waals surface area contributed by atoms with E-state index in [1.54, 1.807) is 19.4 Å². The molecule has 0 saturated carbocycles. The Balaban J connectivity index is 1.94. The molecule has 1 atom stereocenters. The molecule has 1 saturated heterocycles. The normalized spacial score (nSPS) is 16.7. The number of hydrogen-bond acceptors (Lipinski definition) is 5. The van der Waals surface area contributed by atoms with E-state index in [0.29, 0.717) is 31.3 Å². The molecule has 1 N–H and O–H groups in total. The standard InChI is InChI=1S/C18H23N5O3/c1-3-22(12-14-5-4-10-23(14)18(25)26)17-20-15(11-16(24)21(17)2)13-6-8-19-9-7-13/h6-9,11,14H,3-5,10,12H2,1-2H3,(H,25,26)/t14-/m1/s1. The van der Waals surface area contributed by atoms with Crippen LogP contribution < -0.4 is 10.5 Å². The second-order valence-corrected chi connectivity index (χ2v) is 6.39. The van der Waals surface area contributed by atoms with Gasteiger partial charge in [0, 0.05) is 50.7 Å². The van der Waals surface area contributed by atoms with Crippen LogP contribution in [0.4, 0.5) is 10.7 Å². The van der Waals surface area contributed by atoms with E-state index >= 15 is 0 Å². The number of amides is 1. The molecule has 1 amide bonds. The lowest BCUT2D eigenvalue weighted by Gasteiger charge is -2.30. The summed E-state index contributed by atoms with van der Waals surface area (Å²) in [5, 5.41) is 9.36. The Kier molecular flexibility index (Phi) is 5.20. The van der Waals surface area contributed by atoms with Gasteiger partial charge in [-0.15, -0.1) is 0 Å². The van der Waals surface area contributed by atoms with E-state index in [1.165, 1.54) is 15.5 Å². The molecule has 8 nitrogen and oxygen atoms in total. The first kappa shape index (κ1) is 17.9. The molecule has 2 aromatic rings. The van der Waals surface area contributed by atoms with Crippen LogP contribution in [0.5, 0.6) is 0 Å². The third-order valence-corrected chi connectivity index (χ3v) is 4.81. The minimum atomic E-state index is -0.893. The molecule has 138 valence electrons. The van der Waals surface area contributed by atoms with Crippen LogP contribution in [0.3, 0.4) is 0 Å². The predicted octanol–water partition coefficient (Wildman–Crippen LogP) is 1.81. The summed E-state index contributed by atoms with van der Waals surface area (Å²) >= 11 is 0. The van der Waals surface area contributed by atoms with Crippen molar-refractivity contribution in [3.63, 3.8) is 0 Å².